The highest BCUT2D eigenvalue weighted by molar-refractivity contribution is 5.41. The number of nitrogens with zero attached hydrogens (tertiary/aromatic N) is 2. The summed E-state index contributed by atoms with van der Waals surface area (Å²) in [6.07, 6.45) is 3.33. The normalized spacial score (nSPS) is 10.3. The molecule has 1 aromatic carbocycles. The molecule has 2 aromatic rings. The predicted octanol–water partition coefficient (Wildman–Crippen LogP) is 2.78. The highest BCUT2D eigenvalue weighted by atomic mass is 16.5. The Balaban J connectivity index is 2.06. The maximum atomic E-state index is 5.70. The fourth-order valence-electron chi connectivity index (χ4n) is 1.66. The van der Waals surface area contributed by atoms with E-state index in [-0.39, 0.29) is 0 Å². The number of rotatable bonds is 7. The summed E-state index contributed by atoms with van der Waals surface area (Å²) in [7, 11) is 0. The van der Waals surface area contributed by atoms with Crippen molar-refractivity contribution in [3.05, 3.63) is 42.4 Å². The molecule has 20 heavy (non-hydrogen) atoms. The first-order valence-electron chi connectivity index (χ1n) is 6.74. The van der Waals surface area contributed by atoms with E-state index in [0.717, 1.165) is 12.2 Å². The number of para-hydroxylation sites is 2. The zero-order valence-corrected chi connectivity index (χ0v) is 11.8. The zero-order chi connectivity index (χ0) is 14.2. The van der Waals surface area contributed by atoms with Gasteiger partial charge in [-0.15, -0.1) is 0 Å². The Hall–Kier alpha value is -2.14. The largest absolute Gasteiger partial charge is 0.490 e. The molecule has 0 aliphatic rings. The lowest BCUT2D eigenvalue weighted by atomic mass is 10.3. The first-order valence-corrected chi connectivity index (χ1v) is 6.74. The summed E-state index contributed by atoms with van der Waals surface area (Å²) in [4.78, 5) is 8.55. The number of nitrogens with one attached hydrogen (secondary N) is 1. The minimum atomic E-state index is 0.456. The molecule has 0 saturated carbocycles. The molecule has 0 amide bonds. The summed E-state index contributed by atoms with van der Waals surface area (Å²) in [5.41, 5.74) is 0.886. The van der Waals surface area contributed by atoms with Gasteiger partial charge in [0, 0.05) is 6.54 Å². The lowest BCUT2D eigenvalue weighted by Crippen LogP contribution is -2.13. The standard InChI is InChI=1S/C15H19N3O2/c1-3-16-9-12-10-18-15(11-17-12)20-14-8-6-5-7-13(14)19-4-2/h5-8,10-11,16H,3-4,9H2,1-2H3. The van der Waals surface area contributed by atoms with Gasteiger partial charge in [-0.25, -0.2) is 4.98 Å². The Morgan fingerprint density at radius 1 is 1.05 bits per heavy atom. The molecule has 0 aliphatic heterocycles. The zero-order valence-electron chi connectivity index (χ0n) is 11.8. The smallest absolute Gasteiger partial charge is 0.238 e. The van der Waals surface area contributed by atoms with E-state index in [4.69, 9.17) is 9.47 Å². The van der Waals surface area contributed by atoms with Crippen molar-refractivity contribution in [1.29, 1.82) is 0 Å². The van der Waals surface area contributed by atoms with Gasteiger partial charge in [0.1, 0.15) is 0 Å². The van der Waals surface area contributed by atoms with Gasteiger partial charge < -0.3 is 14.8 Å². The maximum absolute atomic E-state index is 5.70. The van der Waals surface area contributed by atoms with Gasteiger partial charge in [0.25, 0.3) is 0 Å². The minimum Gasteiger partial charge on any atom is -0.490 e. The lowest BCUT2D eigenvalue weighted by molar-refractivity contribution is 0.319. The van der Waals surface area contributed by atoms with Gasteiger partial charge in [0.2, 0.25) is 5.88 Å². The number of aromatic nitrogens is 2. The van der Waals surface area contributed by atoms with Crippen molar-refractivity contribution >= 4 is 0 Å². The molecule has 1 aromatic heterocycles. The van der Waals surface area contributed by atoms with Crippen LogP contribution >= 0.6 is 0 Å². The van der Waals surface area contributed by atoms with Crippen LogP contribution in [0.15, 0.2) is 36.7 Å². The summed E-state index contributed by atoms with van der Waals surface area (Å²) >= 11 is 0. The van der Waals surface area contributed by atoms with Crippen LogP contribution in [0, 0.1) is 0 Å². The van der Waals surface area contributed by atoms with Crippen LogP contribution in [0.2, 0.25) is 0 Å². The molecule has 0 bridgehead atoms. The fraction of sp³-hybridized carbons (Fsp3) is 0.333. The second-order valence-corrected chi connectivity index (χ2v) is 4.11. The molecular formula is C15H19N3O2. The second kappa shape index (κ2) is 7.45. The SMILES string of the molecule is CCNCc1cnc(Oc2ccccc2OCC)cn1. The highest BCUT2D eigenvalue weighted by Crippen LogP contribution is 2.29. The molecule has 2 rings (SSSR count). The van der Waals surface area contributed by atoms with Crippen molar-refractivity contribution in [2.45, 2.75) is 20.4 Å². The van der Waals surface area contributed by atoms with Gasteiger partial charge in [-0.2, -0.15) is 0 Å². The van der Waals surface area contributed by atoms with Gasteiger partial charge in [-0.3, -0.25) is 4.98 Å². The average molecular weight is 273 g/mol. The minimum absolute atomic E-state index is 0.456. The summed E-state index contributed by atoms with van der Waals surface area (Å²) < 4.78 is 11.2. The van der Waals surface area contributed by atoms with Gasteiger partial charge in [-0.05, 0) is 25.6 Å². The number of benzene rings is 1. The molecule has 1 heterocycles. The van der Waals surface area contributed by atoms with Crippen LogP contribution in [-0.2, 0) is 6.54 Å². The van der Waals surface area contributed by atoms with E-state index < -0.39 is 0 Å². The topological polar surface area (TPSA) is 56.3 Å². The van der Waals surface area contributed by atoms with Crippen molar-refractivity contribution < 1.29 is 9.47 Å². The van der Waals surface area contributed by atoms with Gasteiger partial charge in [0.05, 0.1) is 24.7 Å². The first-order chi connectivity index (χ1) is 9.83. The van der Waals surface area contributed by atoms with E-state index in [9.17, 15) is 0 Å². The van der Waals surface area contributed by atoms with E-state index in [1.54, 1.807) is 12.4 Å². The predicted molar refractivity (Wildman–Crippen MR) is 77.1 cm³/mol. The molecule has 1 N–H and O–H groups in total. The quantitative estimate of drug-likeness (QED) is 0.840. The molecule has 0 unspecified atom stereocenters. The monoisotopic (exact) mass is 273 g/mol. The molecule has 5 nitrogen and oxygen atoms in total. The Bertz CT molecular complexity index is 529. The first kappa shape index (κ1) is 14.3. The molecule has 0 saturated heterocycles. The Morgan fingerprint density at radius 2 is 1.85 bits per heavy atom. The van der Waals surface area contributed by atoms with Gasteiger partial charge in [0.15, 0.2) is 11.5 Å². The van der Waals surface area contributed by atoms with Crippen molar-refractivity contribution in [2.75, 3.05) is 13.2 Å². The van der Waals surface area contributed by atoms with Crippen LogP contribution in [0.3, 0.4) is 0 Å². The third-order valence-electron chi connectivity index (χ3n) is 2.60. The van der Waals surface area contributed by atoms with Gasteiger partial charge >= 0.3 is 0 Å². The molecule has 0 radical (unpaired) electrons. The maximum Gasteiger partial charge on any atom is 0.238 e. The molecule has 5 heteroatoms. The van der Waals surface area contributed by atoms with Crippen LogP contribution in [0.25, 0.3) is 0 Å². The Morgan fingerprint density at radius 3 is 2.50 bits per heavy atom. The van der Waals surface area contributed by atoms with Crippen LogP contribution < -0.4 is 14.8 Å². The van der Waals surface area contributed by atoms with E-state index >= 15 is 0 Å². The third kappa shape index (κ3) is 3.93. The van der Waals surface area contributed by atoms with Crippen LogP contribution in [0.1, 0.15) is 19.5 Å². The van der Waals surface area contributed by atoms with Crippen LogP contribution in [-0.4, -0.2) is 23.1 Å². The lowest BCUT2D eigenvalue weighted by Gasteiger charge is -2.10. The van der Waals surface area contributed by atoms with Crippen LogP contribution in [0.4, 0.5) is 0 Å². The number of hydrogen-bond donors (Lipinski definition) is 1. The molecule has 0 fully saturated rings. The van der Waals surface area contributed by atoms with Crippen molar-refractivity contribution in [1.82, 2.24) is 15.3 Å². The Kier molecular flexibility index (Phi) is 5.32. The fourth-order valence-corrected chi connectivity index (χ4v) is 1.66. The summed E-state index contributed by atoms with van der Waals surface area (Å²) in [5, 5.41) is 3.20. The summed E-state index contributed by atoms with van der Waals surface area (Å²) in [6.45, 7) is 6.19. The van der Waals surface area contributed by atoms with E-state index in [2.05, 4.69) is 22.2 Å². The van der Waals surface area contributed by atoms with Crippen molar-refractivity contribution in [2.24, 2.45) is 0 Å². The molecule has 0 spiro atoms. The molecular weight excluding hydrogens is 254 g/mol. The van der Waals surface area contributed by atoms with Crippen molar-refractivity contribution in [3.63, 3.8) is 0 Å². The van der Waals surface area contributed by atoms with Gasteiger partial charge in [-0.1, -0.05) is 19.1 Å². The molecule has 106 valence electrons. The average Bonchev–Trinajstić information content (AvgIpc) is 2.49. The summed E-state index contributed by atoms with van der Waals surface area (Å²) in [6, 6.07) is 7.51. The Labute approximate surface area is 119 Å². The third-order valence-corrected chi connectivity index (χ3v) is 2.60. The van der Waals surface area contributed by atoms with E-state index in [1.165, 1.54) is 0 Å². The second-order valence-electron chi connectivity index (χ2n) is 4.11. The van der Waals surface area contributed by atoms with E-state index in [0.29, 0.717) is 30.5 Å². The number of ether oxygens (including phenoxy) is 2. The van der Waals surface area contributed by atoms with Crippen molar-refractivity contribution in [3.8, 4) is 17.4 Å². The highest BCUT2D eigenvalue weighted by Gasteiger charge is 2.06. The molecule has 0 atom stereocenters. The summed E-state index contributed by atoms with van der Waals surface area (Å²) in [5.74, 6) is 1.80. The van der Waals surface area contributed by atoms with E-state index in [1.807, 2.05) is 31.2 Å². The van der Waals surface area contributed by atoms with Crippen LogP contribution in [0.5, 0.6) is 17.4 Å². The number of hydrogen-bond acceptors (Lipinski definition) is 5. The molecule has 0 aliphatic carbocycles.